The lowest BCUT2D eigenvalue weighted by Gasteiger charge is -1.99. The van der Waals surface area contributed by atoms with E-state index in [2.05, 4.69) is 10.3 Å². The van der Waals surface area contributed by atoms with Crippen LogP contribution in [0.2, 0.25) is 0 Å². The quantitative estimate of drug-likeness (QED) is 0.871. The number of thioether (sulfide) groups is 1. The van der Waals surface area contributed by atoms with Gasteiger partial charge in [0.15, 0.2) is 5.17 Å². The maximum Gasteiger partial charge on any atom is 0.264 e. The van der Waals surface area contributed by atoms with Crippen LogP contribution in [0.3, 0.4) is 0 Å². The number of carbonyl (C=O) groups is 1. The molecule has 2 aromatic carbocycles. The van der Waals surface area contributed by atoms with Gasteiger partial charge in [0.05, 0.1) is 17.7 Å². The first-order valence-electron chi connectivity index (χ1n) is 7.14. The van der Waals surface area contributed by atoms with Gasteiger partial charge in [-0.1, -0.05) is 29.8 Å². The van der Waals surface area contributed by atoms with Crippen LogP contribution in [-0.2, 0) is 4.79 Å². The topological polar surface area (TPSA) is 50.7 Å². The van der Waals surface area contributed by atoms with Crippen LogP contribution in [0.15, 0.2) is 58.4 Å². The van der Waals surface area contributed by atoms with Crippen LogP contribution < -0.4 is 10.1 Å². The molecule has 1 amide bonds. The molecule has 0 atom stereocenters. The highest BCUT2D eigenvalue weighted by molar-refractivity contribution is 8.18. The van der Waals surface area contributed by atoms with Gasteiger partial charge in [-0.15, -0.1) is 0 Å². The highest BCUT2D eigenvalue weighted by Gasteiger charge is 2.23. The van der Waals surface area contributed by atoms with Crippen molar-refractivity contribution in [3.05, 3.63) is 64.6 Å². The van der Waals surface area contributed by atoms with Crippen molar-refractivity contribution in [3.8, 4) is 5.75 Å². The Labute approximate surface area is 139 Å². The predicted molar refractivity (Wildman–Crippen MR) is 95.0 cm³/mol. The van der Waals surface area contributed by atoms with Crippen molar-refractivity contribution in [3.63, 3.8) is 0 Å². The molecule has 1 aliphatic heterocycles. The molecule has 23 heavy (non-hydrogen) atoms. The van der Waals surface area contributed by atoms with Crippen molar-refractivity contribution < 1.29 is 9.53 Å². The first kappa shape index (κ1) is 15.4. The van der Waals surface area contributed by atoms with Crippen LogP contribution in [0, 0.1) is 6.92 Å². The number of aliphatic imine (C=N–C) groups is 1. The summed E-state index contributed by atoms with van der Waals surface area (Å²) in [5.41, 5.74) is 2.96. The Balaban J connectivity index is 1.78. The summed E-state index contributed by atoms with van der Waals surface area (Å²) in [5.74, 6) is 0.653. The monoisotopic (exact) mass is 324 g/mol. The molecular weight excluding hydrogens is 308 g/mol. The van der Waals surface area contributed by atoms with Gasteiger partial charge >= 0.3 is 0 Å². The average molecular weight is 324 g/mol. The molecule has 0 saturated carbocycles. The smallest absolute Gasteiger partial charge is 0.264 e. The predicted octanol–water partition coefficient (Wildman–Crippen LogP) is 3.90. The van der Waals surface area contributed by atoms with Crippen LogP contribution in [0.5, 0.6) is 5.75 Å². The number of methoxy groups -OCH3 is 1. The largest absolute Gasteiger partial charge is 0.497 e. The molecule has 0 aliphatic carbocycles. The van der Waals surface area contributed by atoms with Crippen LogP contribution in [0.4, 0.5) is 5.69 Å². The van der Waals surface area contributed by atoms with Crippen LogP contribution >= 0.6 is 11.8 Å². The lowest BCUT2D eigenvalue weighted by atomic mass is 10.1. The van der Waals surface area contributed by atoms with Gasteiger partial charge in [0, 0.05) is 0 Å². The van der Waals surface area contributed by atoms with Gasteiger partial charge in [-0.05, 0) is 54.6 Å². The number of carbonyl (C=O) groups excluding carboxylic acids is 1. The highest BCUT2D eigenvalue weighted by atomic mass is 32.2. The number of aryl methyl sites for hydroxylation is 1. The molecule has 1 N–H and O–H groups in total. The number of amides is 1. The third kappa shape index (κ3) is 3.81. The summed E-state index contributed by atoms with van der Waals surface area (Å²) in [6.07, 6.45) is 1.87. The lowest BCUT2D eigenvalue weighted by Crippen LogP contribution is -2.19. The second-order valence-electron chi connectivity index (χ2n) is 5.09. The molecule has 2 aromatic rings. The number of ether oxygens (including phenoxy) is 1. The molecule has 4 nitrogen and oxygen atoms in total. The molecule has 1 aliphatic rings. The molecule has 0 bridgehead atoms. The molecule has 3 rings (SSSR count). The summed E-state index contributed by atoms with van der Waals surface area (Å²) in [6.45, 7) is 2.04. The Morgan fingerprint density at radius 1 is 1.09 bits per heavy atom. The van der Waals surface area contributed by atoms with Crippen molar-refractivity contribution in [1.82, 2.24) is 5.32 Å². The number of nitrogens with one attached hydrogen (secondary N) is 1. The fraction of sp³-hybridized carbons (Fsp3) is 0.111. The number of rotatable bonds is 3. The van der Waals surface area contributed by atoms with Gasteiger partial charge in [0.2, 0.25) is 0 Å². The zero-order chi connectivity index (χ0) is 16.2. The Morgan fingerprint density at radius 3 is 2.43 bits per heavy atom. The standard InChI is InChI=1S/C18H16N2O2S/c1-12-3-5-13(6-4-12)11-16-17(21)20-18(23-16)19-14-7-9-15(22-2)10-8-14/h3-11H,1-2H3,(H,19,20,21)/b16-11+. The fourth-order valence-electron chi connectivity index (χ4n) is 2.07. The average Bonchev–Trinajstić information content (AvgIpc) is 2.90. The van der Waals surface area contributed by atoms with E-state index in [1.54, 1.807) is 7.11 Å². The Kier molecular flexibility index (Phi) is 4.48. The van der Waals surface area contributed by atoms with E-state index in [0.717, 1.165) is 17.0 Å². The summed E-state index contributed by atoms with van der Waals surface area (Å²) >= 11 is 1.34. The minimum atomic E-state index is -0.122. The number of nitrogens with zero attached hydrogens (tertiary/aromatic N) is 1. The van der Waals surface area contributed by atoms with E-state index < -0.39 is 0 Å². The van der Waals surface area contributed by atoms with Crippen LogP contribution in [-0.4, -0.2) is 18.2 Å². The molecule has 0 unspecified atom stereocenters. The van der Waals surface area contributed by atoms with E-state index in [1.165, 1.54) is 17.3 Å². The van der Waals surface area contributed by atoms with Crippen LogP contribution in [0.25, 0.3) is 6.08 Å². The summed E-state index contributed by atoms with van der Waals surface area (Å²) in [5, 5.41) is 3.37. The third-order valence-corrected chi connectivity index (χ3v) is 4.24. The molecular formula is C18H16N2O2S. The van der Waals surface area contributed by atoms with Crippen molar-refractivity contribution in [2.75, 3.05) is 7.11 Å². The second-order valence-corrected chi connectivity index (χ2v) is 6.12. The molecule has 1 heterocycles. The zero-order valence-electron chi connectivity index (χ0n) is 12.9. The third-order valence-electron chi connectivity index (χ3n) is 3.33. The van der Waals surface area contributed by atoms with Crippen molar-refractivity contribution in [2.45, 2.75) is 6.92 Å². The zero-order valence-corrected chi connectivity index (χ0v) is 13.7. The summed E-state index contributed by atoms with van der Waals surface area (Å²) in [7, 11) is 1.62. The van der Waals surface area contributed by atoms with E-state index in [9.17, 15) is 4.79 Å². The van der Waals surface area contributed by atoms with Gasteiger partial charge in [0.1, 0.15) is 5.75 Å². The summed E-state index contributed by atoms with van der Waals surface area (Å²) in [6, 6.07) is 15.4. The van der Waals surface area contributed by atoms with E-state index in [-0.39, 0.29) is 5.91 Å². The Morgan fingerprint density at radius 2 is 1.78 bits per heavy atom. The minimum Gasteiger partial charge on any atom is -0.497 e. The lowest BCUT2D eigenvalue weighted by molar-refractivity contribution is -0.115. The SMILES string of the molecule is COc1ccc(N=C2NC(=O)/C(=C\c3ccc(C)cc3)S2)cc1. The molecule has 0 radical (unpaired) electrons. The number of amidine groups is 1. The molecule has 0 aromatic heterocycles. The number of benzene rings is 2. The maximum absolute atomic E-state index is 12.0. The van der Waals surface area contributed by atoms with Crippen molar-refractivity contribution in [1.29, 1.82) is 0 Å². The van der Waals surface area contributed by atoms with Gasteiger partial charge in [0.25, 0.3) is 5.91 Å². The molecule has 116 valence electrons. The fourth-order valence-corrected chi connectivity index (χ4v) is 2.91. The molecule has 5 heteroatoms. The van der Waals surface area contributed by atoms with E-state index >= 15 is 0 Å². The number of hydrogen-bond donors (Lipinski definition) is 1. The van der Waals surface area contributed by atoms with E-state index in [1.807, 2.05) is 61.5 Å². The van der Waals surface area contributed by atoms with Gasteiger partial charge in [-0.25, -0.2) is 4.99 Å². The first-order valence-corrected chi connectivity index (χ1v) is 7.96. The minimum absolute atomic E-state index is 0.122. The molecule has 1 saturated heterocycles. The second kappa shape index (κ2) is 6.71. The number of hydrogen-bond acceptors (Lipinski definition) is 4. The summed E-state index contributed by atoms with van der Waals surface area (Å²) < 4.78 is 5.12. The maximum atomic E-state index is 12.0. The summed E-state index contributed by atoms with van der Waals surface area (Å²) in [4.78, 5) is 17.1. The molecule has 1 fully saturated rings. The molecule has 0 spiro atoms. The van der Waals surface area contributed by atoms with Crippen molar-refractivity contribution >= 4 is 34.6 Å². The van der Waals surface area contributed by atoms with Gasteiger partial charge in [-0.2, -0.15) is 0 Å². The Hall–Kier alpha value is -2.53. The Bertz CT molecular complexity index is 778. The highest BCUT2D eigenvalue weighted by Crippen LogP contribution is 2.28. The van der Waals surface area contributed by atoms with E-state index in [4.69, 9.17) is 4.74 Å². The van der Waals surface area contributed by atoms with Gasteiger partial charge in [-0.3, -0.25) is 4.79 Å². The van der Waals surface area contributed by atoms with Crippen LogP contribution in [0.1, 0.15) is 11.1 Å². The first-order chi connectivity index (χ1) is 11.1. The van der Waals surface area contributed by atoms with E-state index in [0.29, 0.717) is 10.1 Å². The van der Waals surface area contributed by atoms with Crippen molar-refractivity contribution in [2.24, 2.45) is 4.99 Å². The normalized spacial score (nSPS) is 17.6. The van der Waals surface area contributed by atoms with Gasteiger partial charge < -0.3 is 10.1 Å².